The lowest BCUT2D eigenvalue weighted by atomic mass is 10.2. The molecule has 0 N–H and O–H groups in total. The first-order valence-corrected chi connectivity index (χ1v) is 8.00. The number of pyridine rings is 1. The van der Waals surface area contributed by atoms with E-state index in [-0.39, 0.29) is 0 Å². The number of hydrogen-bond donors (Lipinski definition) is 0. The smallest absolute Gasteiger partial charge is 0.0722 e. The van der Waals surface area contributed by atoms with Crippen molar-refractivity contribution in [1.29, 1.82) is 0 Å². The summed E-state index contributed by atoms with van der Waals surface area (Å²) in [6.07, 6.45) is 1.86. The predicted molar refractivity (Wildman–Crippen MR) is 78.9 cm³/mol. The monoisotopic (exact) mass is 262 g/mol. The van der Waals surface area contributed by atoms with Crippen LogP contribution in [0.4, 0.5) is 5.69 Å². The molecule has 0 bridgehead atoms. The fourth-order valence-electron chi connectivity index (χ4n) is 2.01. The van der Waals surface area contributed by atoms with Gasteiger partial charge in [0, 0.05) is 28.8 Å². The van der Waals surface area contributed by atoms with Crippen molar-refractivity contribution < 1.29 is 0 Å². The van der Waals surface area contributed by atoms with Crippen LogP contribution in [-0.2, 0) is 0 Å². The number of hydrogen-bond acceptors (Lipinski definition) is 4. The molecule has 0 saturated carbocycles. The zero-order valence-corrected chi connectivity index (χ0v) is 11.1. The van der Waals surface area contributed by atoms with Crippen LogP contribution in [0.3, 0.4) is 0 Å². The van der Waals surface area contributed by atoms with E-state index in [1.165, 1.54) is 22.6 Å². The highest BCUT2D eigenvalue weighted by Gasteiger charge is 2.12. The van der Waals surface area contributed by atoms with Gasteiger partial charge in [0.15, 0.2) is 0 Å². The van der Waals surface area contributed by atoms with Crippen molar-refractivity contribution in [2.24, 2.45) is 0 Å². The second kappa shape index (κ2) is 5.19. The van der Waals surface area contributed by atoms with Gasteiger partial charge < -0.3 is 4.90 Å². The van der Waals surface area contributed by atoms with Gasteiger partial charge in [0.1, 0.15) is 0 Å². The van der Waals surface area contributed by atoms with E-state index < -0.39 is 0 Å². The number of benzene rings is 1. The highest BCUT2D eigenvalue weighted by atomic mass is 32.2. The van der Waals surface area contributed by atoms with E-state index in [0.29, 0.717) is 0 Å². The van der Waals surface area contributed by atoms with Crippen LogP contribution in [0, 0.1) is 0 Å². The van der Waals surface area contributed by atoms with Gasteiger partial charge in [-0.15, -0.1) is 23.5 Å². The van der Waals surface area contributed by atoms with Gasteiger partial charge in [-0.05, 0) is 24.3 Å². The SMILES string of the molecule is c1cc(N2CSCCSC2)c2cccnc2c1. The first-order valence-electron chi connectivity index (χ1n) is 5.69. The Morgan fingerprint density at radius 1 is 1.00 bits per heavy atom. The highest BCUT2D eigenvalue weighted by Crippen LogP contribution is 2.29. The number of rotatable bonds is 1. The van der Waals surface area contributed by atoms with Gasteiger partial charge >= 0.3 is 0 Å². The van der Waals surface area contributed by atoms with Crippen LogP contribution < -0.4 is 4.90 Å². The molecule has 0 amide bonds. The van der Waals surface area contributed by atoms with Crippen molar-refractivity contribution in [3.05, 3.63) is 36.5 Å². The summed E-state index contributed by atoms with van der Waals surface area (Å²) in [5.41, 5.74) is 2.40. The Morgan fingerprint density at radius 2 is 1.82 bits per heavy atom. The van der Waals surface area contributed by atoms with E-state index in [1.807, 2.05) is 35.8 Å². The molecule has 1 aliphatic heterocycles. The maximum Gasteiger partial charge on any atom is 0.0722 e. The minimum absolute atomic E-state index is 1.08. The Hall–Kier alpha value is -0.870. The van der Waals surface area contributed by atoms with E-state index in [2.05, 4.69) is 34.1 Å². The third-order valence-corrected chi connectivity index (χ3v) is 5.06. The summed E-state index contributed by atoms with van der Waals surface area (Å²) in [6, 6.07) is 10.6. The third kappa shape index (κ3) is 2.38. The van der Waals surface area contributed by atoms with Crippen LogP contribution in [0.5, 0.6) is 0 Å². The topological polar surface area (TPSA) is 16.1 Å². The van der Waals surface area contributed by atoms with Crippen LogP contribution in [-0.4, -0.2) is 28.2 Å². The standard InChI is InChI=1S/C13H14N2S2/c1-4-12-11(3-2-6-14-12)13(5-1)15-9-16-7-8-17-10-15/h1-6H,7-10H2. The van der Waals surface area contributed by atoms with Crippen LogP contribution >= 0.6 is 23.5 Å². The molecule has 0 radical (unpaired) electrons. The second-order valence-corrected chi connectivity index (χ2v) is 6.11. The molecule has 2 heterocycles. The lowest BCUT2D eigenvalue weighted by Gasteiger charge is -2.22. The van der Waals surface area contributed by atoms with Crippen molar-refractivity contribution in [1.82, 2.24) is 4.98 Å². The minimum atomic E-state index is 1.08. The molecule has 2 aromatic rings. The molecule has 88 valence electrons. The fraction of sp³-hybridized carbons (Fsp3) is 0.308. The molecule has 0 aliphatic carbocycles. The average Bonchev–Trinajstić information content (AvgIpc) is 2.67. The Kier molecular flexibility index (Phi) is 3.43. The van der Waals surface area contributed by atoms with Crippen molar-refractivity contribution in [2.45, 2.75) is 0 Å². The molecule has 17 heavy (non-hydrogen) atoms. The van der Waals surface area contributed by atoms with Crippen LogP contribution in [0.15, 0.2) is 36.5 Å². The zero-order valence-electron chi connectivity index (χ0n) is 9.50. The molecule has 0 unspecified atom stereocenters. The summed E-state index contributed by atoms with van der Waals surface area (Å²) in [7, 11) is 0. The average molecular weight is 262 g/mol. The maximum absolute atomic E-state index is 4.42. The first-order chi connectivity index (χ1) is 8.45. The predicted octanol–water partition coefficient (Wildman–Crippen LogP) is 3.44. The lowest BCUT2D eigenvalue weighted by molar-refractivity contribution is 1.08. The molecule has 3 rings (SSSR count). The summed E-state index contributed by atoms with van der Waals surface area (Å²) in [5, 5.41) is 1.26. The van der Waals surface area contributed by atoms with Crippen molar-refractivity contribution in [2.75, 3.05) is 28.2 Å². The molecular weight excluding hydrogens is 248 g/mol. The largest absolute Gasteiger partial charge is 0.352 e. The molecule has 0 spiro atoms. The Labute approximate surface area is 110 Å². The van der Waals surface area contributed by atoms with Crippen molar-refractivity contribution >= 4 is 40.1 Å². The normalized spacial score (nSPS) is 17.1. The van der Waals surface area contributed by atoms with Gasteiger partial charge in [0.05, 0.1) is 17.3 Å². The van der Waals surface area contributed by atoms with Crippen molar-refractivity contribution in [3.8, 4) is 0 Å². The van der Waals surface area contributed by atoms with Gasteiger partial charge in [0.2, 0.25) is 0 Å². The van der Waals surface area contributed by atoms with Crippen molar-refractivity contribution in [3.63, 3.8) is 0 Å². The fourth-order valence-corrected chi connectivity index (χ4v) is 4.22. The van der Waals surface area contributed by atoms with Crippen LogP contribution in [0.2, 0.25) is 0 Å². The van der Waals surface area contributed by atoms with Crippen LogP contribution in [0.25, 0.3) is 10.9 Å². The van der Waals surface area contributed by atoms with E-state index in [0.717, 1.165) is 17.3 Å². The van der Waals surface area contributed by atoms with E-state index in [4.69, 9.17) is 0 Å². The van der Waals surface area contributed by atoms with E-state index in [1.54, 1.807) is 0 Å². The number of aromatic nitrogens is 1. The minimum Gasteiger partial charge on any atom is -0.352 e. The number of fused-ring (bicyclic) bond motifs is 1. The molecule has 1 saturated heterocycles. The van der Waals surface area contributed by atoms with E-state index >= 15 is 0 Å². The molecule has 1 aliphatic rings. The molecular formula is C13H14N2S2. The van der Waals surface area contributed by atoms with Gasteiger partial charge in [-0.1, -0.05) is 6.07 Å². The molecule has 1 aromatic heterocycles. The van der Waals surface area contributed by atoms with Gasteiger partial charge in [-0.25, -0.2) is 0 Å². The molecule has 1 aromatic carbocycles. The lowest BCUT2D eigenvalue weighted by Crippen LogP contribution is -2.20. The number of anilines is 1. The summed E-state index contributed by atoms with van der Waals surface area (Å²) in [5.74, 6) is 4.68. The summed E-state index contributed by atoms with van der Waals surface area (Å²) >= 11 is 4.02. The van der Waals surface area contributed by atoms with Gasteiger partial charge in [-0.3, -0.25) is 4.98 Å². The Balaban J connectivity index is 2.03. The quantitative estimate of drug-likeness (QED) is 0.782. The van der Waals surface area contributed by atoms with Gasteiger partial charge in [0.25, 0.3) is 0 Å². The molecule has 0 atom stereocenters. The number of nitrogens with zero attached hydrogens (tertiary/aromatic N) is 2. The summed E-state index contributed by atoms with van der Waals surface area (Å²) < 4.78 is 0. The highest BCUT2D eigenvalue weighted by molar-refractivity contribution is 8.03. The first kappa shape index (κ1) is 11.2. The molecule has 1 fully saturated rings. The molecule has 4 heteroatoms. The summed E-state index contributed by atoms with van der Waals surface area (Å²) in [6.45, 7) is 0. The zero-order chi connectivity index (χ0) is 11.5. The van der Waals surface area contributed by atoms with Gasteiger partial charge in [-0.2, -0.15) is 0 Å². The maximum atomic E-state index is 4.42. The molecule has 2 nitrogen and oxygen atoms in total. The summed E-state index contributed by atoms with van der Waals surface area (Å²) in [4.78, 5) is 6.87. The second-order valence-electron chi connectivity index (χ2n) is 3.96. The number of thioether (sulfide) groups is 2. The van der Waals surface area contributed by atoms with E-state index in [9.17, 15) is 0 Å². The Morgan fingerprint density at radius 3 is 2.65 bits per heavy atom. The Bertz CT molecular complexity index is 502. The third-order valence-electron chi connectivity index (χ3n) is 2.83. The van der Waals surface area contributed by atoms with Crippen LogP contribution in [0.1, 0.15) is 0 Å².